The number of pyridine rings is 1. The third-order valence-electron chi connectivity index (χ3n) is 3.59. The van der Waals surface area contributed by atoms with Crippen LogP contribution in [0.4, 0.5) is 11.4 Å². The van der Waals surface area contributed by atoms with Crippen molar-refractivity contribution in [2.75, 3.05) is 16.8 Å². The van der Waals surface area contributed by atoms with Crippen molar-refractivity contribution >= 4 is 39.1 Å². The molecule has 3 rings (SSSR count). The van der Waals surface area contributed by atoms with E-state index in [-0.39, 0.29) is 24.2 Å². The van der Waals surface area contributed by atoms with E-state index in [0.29, 0.717) is 12.2 Å². The van der Waals surface area contributed by atoms with Crippen molar-refractivity contribution in [3.63, 3.8) is 0 Å². The summed E-state index contributed by atoms with van der Waals surface area (Å²) in [6, 6.07) is 11.0. The minimum atomic E-state index is -0.354. The number of benzene rings is 1. The van der Waals surface area contributed by atoms with Crippen LogP contribution in [0.15, 0.2) is 53.3 Å². The molecule has 0 aliphatic carbocycles. The van der Waals surface area contributed by atoms with Crippen LogP contribution in [-0.2, 0) is 9.59 Å². The summed E-state index contributed by atoms with van der Waals surface area (Å²) in [5, 5.41) is 2.82. The number of amides is 2. The third-order valence-corrected chi connectivity index (χ3v) is 4.26. The van der Waals surface area contributed by atoms with Crippen LogP contribution in [0.3, 0.4) is 0 Å². The molecule has 22 heavy (non-hydrogen) atoms. The minimum absolute atomic E-state index is 0.0400. The summed E-state index contributed by atoms with van der Waals surface area (Å²) in [6.45, 7) is 0.387. The van der Waals surface area contributed by atoms with Gasteiger partial charge in [-0.15, -0.1) is 0 Å². The van der Waals surface area contributed by atoms with Gasteiger partial charge in [-0.1, -0.05) is 12.1 Å². The topological polar surface area (TPSA) is 62.3 Å². The van der Waals surface area contributed by atoms with E-state index in [1.807, 2.05) is 24.3 Å². The predicted octanol–water partition coefficient (Wildman–Crippen LogP) is 2.84. The number of aromatic nitrogens is 1. The molecule has 1 unspecified atom stereocenters. The molecule has 112 valence electrons. The molecule has 1 aromatic heterocycles. The van der Waals surface area contributed by atoms with Crippen LogP contribution in [0.25, 0.3) is 0 Å². The zero-order valence-corrected chi connectivity index (χ0v) is 13.3. The second kappa shape index (κ2) is 6.27. The van der Waals surface area contributed by atoms with Crippen molar-refractivity contribution in [1.82, 2.24) is 4.98 Å². The Kier molecular flexibility index (Phi) is 4.20. The fourth-order valence-corrected chi connectivity index (χ4v) is 2.97. The second-order valence-corrected chi connectivity index (χ2v) is 5.94. The zero-order chi connectivity index (χ0) is 15.5. The van der Waals surface area contributed by atoms with Gasteiger partial charge in [-0.2, -0.15) is 0 Å². The highest BCUT2D eigenvalue weighted by atomic mass is 79.9. The Morgan fingerprint density at radius 3 is 2.68 bits per heavy atom. The van der Waals surface area contributed by atoms with E-state index in [1.165, 1.54) is 0 Å². The maximum Gasteiger partial charge on any atom is 0.229 e. The number of para-hydroxylation sites is 1. The van der Waals surface area contributed by atoms with E-state index < -0.39 is 0 Å². The number of nitrogens with zero attached hydrogens (tertiary/aromatic N) is 2. The highest BCUT2D eigenvalue weighted by Gasteiger charge is 2.35. The van der Waals surface area contributed by atoms with Crippen LogP contribution < -0.4 is 10.2 Å². The average molecular weight is 360 g/mol. The summed E-state index contributed by atoms with van der Waals surface area (Å²) < 4.78 is 0.846. The number of rotatable bonds is 3. The maximum atomic E-state index is 12.3. The van der Waals surface area contributed by atoms with Crippen LogP contribution in [0, 0.1) is 5.92 Å². The summed E-state index contributed by atoms with van der Waals surface area (Å²) in [4.78, 5) is 30.1. The number of hydrogen-bond acceptors (Lipinski definition) is 3. The van der Waals surface area contributed by atoms with E-state index in [4.69, 9.17) is 0 Å². The van der Waals surface area contributed by atoms with Crippen molar-refractivity contribution in [3.05, 3.63) is 53.3 Å². The molecule has 0 bridgehead atoms. The Morgan fingerprint density at radius 2 is 1.95 bits per heavy atom. The van der Waals surface area contributed by atoms with Gasteiger partial charge in [0.25, 0.3) is 0 Å². The summed E-state index contributed by atoms with van der Waals surface area (Å²) in [6.07, 6.45) is 3.45. The van der Waals surface area contributed by atoms with Gasteiger partial charge in [-0.25, -0.2) is 0 Å². The summed E-state index contributed by atoms with van der Waals surface area (Å²) >= 11 is 3.44. The molecule has 0 radical (unpaired) electrons. The molecule has 5 nitrogen and oxygen atoms in total. The molecule has 0 saturated carbocycles. The van der Waals surface area contributed by atoms with Crippen molar-refractivity contribution in [2.24, 2.45) is 5.92 Å². The van der Waals surface area contributed by atoms with Gasteiger partial charge in [0.05, 0.1) is 11.6 Å². The van der Waals surface area contributed by atoms with Crippen molar-refractivity contribution in [1.29, 1.82) is 0 Å². The molecule has 1 N–H and O–H groups in total. The molecule has 1 atom stereocenters. The molecule has 1 aliphatic rings. The lowest BCUT2D eigenvalue weighted by Gasteiger charge is -2.18. The summed E-state index contributed by atoms with van der Waals surface area (Å²) in [5.41, 5.74) is 1.48. The Morgan fingerprint density at radius 1 is 1.23 bits per heavy atom. The molecule has 2 heterocycles. The first-order chi connectivity index (χ1) is 10.6. The Bertz CT molecular complexity index is 706. The van der Waals surface area contributed by atoms with Gasteiger partial charge >= 0.3 is 0 Å². The van der Waals surface area contributed by atoms with Crippen LogP contribution in [0.5, 0.6) is 0 Å². The van der Waals surface area contributed by atoms with E-state index in [0.717, 1.165) is 10.2 Å². The molecule has 6 heteroatoms. The SMILES string of the molecule is O=C(Nc1ccncc1)C1CC(=O)N(c2ccccc2Br)C1. The van der Waals surface area contributed by atoms with Gasteiger partial charge in [-0.05, 0) is 40.2 Å². The molecule has 1 saturated heterocycles. The maximum absolute atomic E-state index is 12.3. The first-order valence-corrected chi connectivity index (χ1v) is 7.70. The Labute approximate surface area is 136 Å². The van der Waals surface area contributed by atoms with Crippen molar-refractivity contribution < 1.29 is 9.59 Å². The number of nitrogens with one attached hydrogen (secondary N) is 1. The van der Waals surface area contributed by atoms with Crippen LogP contribution in [-0.4, -0.2) is 23.3 Å². The van der Waals surface area contributed by atoms with E-state index >= 15 is 0 Å². The normalized spacial score (nSPS) is 17.6. The lowest BCUT2D eigenvalue weighted by molar-refractivity contribution is -0.122. The predicted molar refractivity (Wildman–Crippen MR) is 87.5 cm³/mol. The van der Waals surface area contributed by atoms with Gasteiger partial charge in [0.15, 0.2) is 0 Å². The highest BCUT2D eigenvalue weighted by Crippen LogP contribution is 2.31. The van der Waals surface area contributed by atoms with Crippen LogP contribution >= 0.6 is 15.9 Å². The first-order valence-electron chi connectivity index (χ1n) is 6.91. The Balaban J connectivity index is 1.72. The van der Waals surface area contributed by atoms with Crippen molar-refractivity contribution in [2.45, 2.75) is 6.42 Å². The van der Waals surface area contributed by atoms with Gasteiger partial charge in [0, 0.05) is 35.5 Å². The number of carbonyl (C=O) groups excluding carboxylic acids is 2. The standard InChI is InChI=1S/C16H14BrN3O2/c17-13-3-1-2-4-14(13)20-10-11(9-15(20)21)16(22)19-12-5-7-18-8-6-12/h1-8,11H,9-10H2,(H,18,19,22). The summed E-state index contributed by atoms with van der Waals surface area (Å²) in [7, 11) is 0. The molecule has 1 fully saturated rings. The number of hydrogen-bond donors (Lipinski definition) is 1. The van der Waals surface area contributed by atoms with Crippen LogP contribution in [0.2, 0.25) is 0 Å². The fourth-order valence-electron chi connectivity index (χ4n) is 2.47. The molecular weight excluding hydrogens is 346 g/mol. The van der Waals surface area contributed by atoms with Gasteiger partial charge < -0.3 is 10.2 Å². The third kappa shape index (κ3) is 3.01. The second-order valence-electron chi connectivity index (χ2n) is 5.08. The van der Waals surface area contributed by atoms with Crippen molar-refractivity contribution in [3.8, 4) is 0 Å². The largest absolute Gasteiger partial charge is 0.326 e. The van der Waals surface area contributed by atoms with E-state index in [2.05, 4.69) is 26.2 Å². The highest BCUT2D eigenvalue weighted by molar-refractivity contribution is 9.10. The van der Waals surface area contributed by atoms with Gasteiger partial charge in [0.1, 0.15) is 0 Å². The molecule has 1 aliphatic heterocycles. The molecular formula is C16H14BrN3O2. The lowest BCUT2D eigenvalue weighted by atomic mass is 10.1. The van der Waals surface area contributed by atoms with Gasteiger partial charge in [-0.3, -0.25) is 14.6 Å². The molecule has 2 amide bonds. The number of anilines is 2. The summed E-state index contributed by atoms with van der Waals surface area (Å²) in [5.74, 6) is -0.538. The minimum Gasteiger partial charge on any atom is -0.326 e. The average Bonchev–Trinajstić information content (AvgIpc) is 2.91. The zero-order valence-electron chi connectivity index (χ0n) is 11.7. The lowest BCUT2D eigenvalue weighted by Crippen LogP contribution is -2.28. The van der Waals surface area contributed by atoms with E-state index in [1.54, 1.807) is 29.4 Å². The molecule has 1 aromatic carbocycles. The number of carbonyl (C=O) groups is 2. The Hall–Kier alpha value is -2.21. The van der Waals surface area contributed by atoms with E-state index in [9.17, 15) is 9.59 Å². The van der Waals surface area contributed by atoms with Crippen LogP contribution in [0.1, 0.15) is 6.42 Å². The smallest absolute Gasteiger partial charge is 0.229 e. The first kappa shape index (κ1) is 14.7. The quantitative estimate of drug-likeness (QED) is 0.916. The number of halogens is 1. The molecule has 2 aromatic rings. The fraction of sp³-hybridized carbons (Fsp3) is 0.188. The monoisotopic (exact) mass is 359 g/mol. The molecule has 0 spiro atoms. The van der Waals surface area contributed by atoms with Gasteiger partial charge in [0.2, 0.25) is 11.8 Å².